The highest BCUT2D eigenvalue weighted by Crippen LogP contribution is 2.61. The second-order valence-electron chi connectivity index (χ2n) is 9.43. The van der Waals surface area contributed by atoms with Gasteiger partial charge in [0.25, 0.3) is 0 Å². The largest absolute Gasteiger partial charge is 0.460 e. The van der Waals surface area contributed by atoms with Crippen LogP contribution in [-0.2, 0) is 14.3 Å². The average Bonchev–Trinajstić information content (AvgIpc) is 2.78. The second kappa shape index (κ2) is 7.22. The van der Waals surface area contributed by atoms with E-state index in [2.05, 4.69) is 11.4 Å². The maximum atomic E-state index is 12.1. The van der Waals surface area contributed by atoms with Crippen LogP contribution in [0.25, 0.3) is 0 Å². The number of fused-ring (bicyclic) bond motifs is 1. The van der Waals surface area contributed by atoms with E-state index in [0.717, 1.165) is 18.4 Å². The number of nitrogens with one attached hydrogen (secondary N) is 1. The highest BCUT2D eigenvalue weighted by Gasteiger charge is 2.57. The van der Waals surface area contributed by atoms with Gasteiger partial charge in [0.1, 0.15) is 11.2 Å². The number of aliphatic hydroxyl groups is 1. The van der Waals surface area contributed by atoms with Gasteiger partial charge in [-0.25, -0.2) is 4.79 Å². The topological polar surface area (TPSA) is 84.9 Å². The summed E-state index contributed by atoms with van der Waals surface area (Å²) in [4.78, 5) is 23.6. The van der Waals surface area contributed by atoms with Crippen LogP contribution in [0.4, 0.5) is 4.79 Å². The predicted octanol–water partition coefficient (Wildman–Crippen LogP) is 3.19. The Morgan fingerprint density at radius 1 is 1.27 bits per heavy atom. The van der Waals surface area contributed by atoms with Crippen molar-refractivity contribution in [2.45, 2.75) is 72.0 Å². The molecule has 1 amide bonds. The van der Waals surface area contributed by atoms with Crippen molar-refractivity contribution in [2.24, 2.45) is 17.3 Å². The van der Waals surface area contributed by atoms with E-state index in [1.165, 1.54) is 6.92 Å². The number of amides is 1. The van der Waals surface area contributed by atoms with Crippen LogP contribution in [0, 0.1) is 17.3 Å². The molecule has 0 aliphatic heterocycles. The number of ether oxygens (including phenoxy) is 2. The fraction of sp³-hybridized carbons (Fsp3) is 0.800. The predicted molar refractivity (Wildman–Crippen MR) is 98.5 cm³/mol. The number of aliphatic hydroxyl groups excluding tert-OH is 1. The van der Waals surface area contributed by atoms with Gasteiger partial charge < -0.3 is 19.9 Å². The van der Waals surface area contributed by atoms with Crippen molar-refractivity contribution in [1.29, 1.82) is 0 Å². The third kappa shape index (κ3) is 5.00. The van der Waals surface area contributed by atoms with Crippen molar-refractivity contribution in [1.82, 2.24) is 5.32 Å². The number of hydrogen-bond acceptors (Lipinski definition) is 5. The van der Waals surface area contributed by atoms with Gasteiger partial charge in [-0.1, -0.05) is 6.08 Å². The summed E-state index contributed by atoms with van der Waals surface area (Å²) in [5.74, 6) is 0.458. The van der Waals surface area contributed by atoms with Crippen LogP contribution < -0.4 is 5.32 Å². The molecule has 0 aromatic heterocycles. The molecule has 0 spiro atoms. The van der Waals surface area contributed by atoms with Crippen LogP contribution in [0.15, 0.2) is 11.6 Å². The van der Waals surface area contributed by atoms with Gasteiger partial charge in [-0.15, -0.1) is 0 Å². The molecule has 26 heavy (non-hydrogen) atoms. The van der Waals surface area contributed by atoms with Gasteiger partial charge in [0.2, 0.25) is 0 Å². The summed E-state index contributed by atoms with van der Waals surface area (Å²) in [6, 6.07) is 0. The first kappa shape index (κ1) is 20.7. The van der Waals surface area contributed by atoms with E-state index < -0.39 is 17.3 Å². The first-order chi connectivity index (χ1) is 11.9. The van der Waals surface area contributed by atoms with Crippen LogP contribution in [0.5, 0.6) is 0 Å². The van der Waals surface area contributed by atoms with Gasteiger partial charge in [0.15, 0.2) is 0 Å². The molecule has 3 atom stereocenters. The van der Waals surface area contributed by atoms with Crippen molar-refractivity contribution in [3.8, 4) is 0 Å². The Balaban J connectivity index is 2.12. The highest BCUT2D eigenvalue weighted by atomic mass is 16.6. The molecule has 1 saturated carbocycles. The summed E-state index contributed by atoms with van der Waals surface area (Å²) >= 11 is 0. The Hall–Kier alpha value is -1.56. The van der Waals surface area contributed by atoms with Gasteiger partial charge in [-0.3, -0.25) is 4.79 Å². The molecule has 0 aromatic carbocycles. The molecule has 2 aliphatic carbocycles. The van der Waals surface area contributed by atoms with Crippen LogP contribution in [0.1, 0.15) is 60.8 Å². The van der Waals surface area contributed by atoms with E-state index in [1.807, 2.05) is 34.6 Å². The summed E-state index contributed by atoms with van der Waals surface area (Å²) < 4.78 is 10.9. The Morgan fingerprint density at radius 2 is 1.92 bits per heavy atom. The van der Waals surface area contributed by atoms with Gasteiger partial charge in [-0.2, -0.15) is 0 Å². The van der Waals surface area contributed by atoms with Crippen molar-refractivity contribution in [3.05, 3.63) is 11.6 Å². The van der Waals surface area contributed by atoms with Crippen molar-refractivity contribution in [2.75, 3.05) is 13.2 Å². The Bertz CT molecular complexity index is 589. The maximum Gasteiger partial charge on any atom is 0.407 e. The van der Waals surface area contributed by atoms with E-state index >= 15 is 0 Å². The van der Waals surface area contributed by atoms with Crippen molar-refractivity contribution in [3.63, 3.8) is 0 Å². The fourth-order valence-corrected chi connectivity index (χ4v) is 4.69. The SMILES string of the molecule is CC(=O)OC(C)(C)C[C@]1(CNC(=O)OC(C)(C)C)C[C@@H]2CC(CO)=C[C@@H]21. The zero-order chi connectivity index (χ0) is 19.8. The van der Waals surface area contributed by atoms with Crippen LogP contribution >= 0.6 is 0 Å². The lowest BCUT2D eigenvalue weighted by atomic mass is 9.52. The minimum absolute atomic E-state index is 0.0793. The summed E-state index contributed by atoms with van der Waals surface area (Å²) in [6.07, 6.45) is 4.19. The number of alkyl carbamates (subject to hydrolysis) is 1. The third-order valence-electron chi connectivity index (χ3n) is 5.21. The van der Waals surface area contributed by atoms with Crippen LogP contribution in [0.3, 0.4) is 0 Å². The van der Waals surface area contributed by atoms with Crippen molar-refractivity contribution >= 4 is 12.1 Å². The average molecular weight is 367 g/mol. The summed E-state index contributed by atoms with van der Waals surface area (Å²) in [5.41, 5.74) is -0.308. The lowest BCUT2D eigenvalue weighted by Gasteiger charge is -2.55. The molecule has 0 aromatic rings. The Morgan fingerprint density at radius 3 is 2.46 bits per heavy atom. The Labute approximate surface area is 156 Å². The molecule has 2 N–H and O–H groups in total. The second-order valence-corrected chi connectivity index (χ2v) is 9.43. The van der Waals surface area contributed by atoms with Gasteiger partial charge >= 0.3 is 12.1 Å². The molecule has 2 aliphatic rings. The number of hydrogen-bond donors (Lipinski definition) is 2. The normalized spacial score (nSPS) is 27.9. The summed E-state index contributed by atoms with van der Waals surface area (Å²) in [6.45, 7) is 11.3. The highest BCUT2D eigenvalue weighted by molar-refractivity contribution is 5.68. The van der Waals surface area contributed by atoms with Crippen LogP contribution in [-0.4, -0.2) is 41.5 Å². The Kier molecular flexibility index (Phi) is 5.76. The van der Waals surface area contributed by atoms with Crippen molar-refractivity contribution < 1.29 is 24.2 Å². The van der Waals surface area contributed by atoms with Gasteiger partial charge in [0, 0.05) is 13.5 Å². The number of rotatable bonds is 6. The smallest absolute Gasteiger partial charge is 0.407 e. The molecular formula is C20H33NO5. The molecule has 1 fully saturated rings. The van der Waals surface area contributed by atoms with Gasteiger partial charge in [-0.05, 0) is 76.7 Å². The van der Waals surface area contributed by atoms with E-state index in [4.69, 9.17) is 9.47 Å². The number of allylic oxidation sites excluding steroid dienone is 1. The monoisotopic (exact) mass is 367 g/mol. The van der Waals surface area contributed by atoms with Gasteiger partial charge in [0.05, 0.1) is 6.61 Å². The maximum absolute atomic E-state index is 12.1. The third-order valence-corrected chi connectivity index (χ3v) is 5.21. The molecule has 0 bridgehead atoms. The quantitative estimate of drug-likeness (QED) is 0.556. The lowest BCUT2D eigenvalue weighted by Crippen LogP contribution is -2.55. The van der Waals surface area contributed by atoms with E-state index in [-0.39, 0.29) is 23.9 Å². The van der Waals surface area contributed by atoms with E-state index in [9.17, 15) is 14.7 Å². The first-order valence-electron chi connectivity index (χ1n) is 9.33. The first-order valence-corrected chi connectivity index (χ1v) is 9.33. The molecule has 0 heterocycles. The fourth-order valence-electron chi connectivity index (χ4n) is 4.69. The molecule has 6 nitrogen and oxygen atoms in total. The standard InChI is InChI=1S/C20H33NO5/c1-13(23)25-19(5,6)11-20(12-21-17(24)26-18(2,3)4)9-15-7-14(10-22)8-16(15)20/h8,15-16,22H,7,9-12H2,1-6H3,(H,21,24)/t15-,16-,20-/m0/s1. The molecule has 0 radical (unpaired) electrons. The van der Waals surface area contributed by atoms with E-state index in [1.54, 1.807) is 0 Å². The van der Waals surface area contributed by atoms with Crippen LogP contribution in [0.2, 0.25) is 0 Å². The minimum Gasteiger partial charge on any atom is -0.460 e. The number of carbonyl (C=O) groups excluding carboxylic acids is 2. The summed E-state index contributed by atoms with van der Waals surface area (Å²) in [5, 5.41) is 12.4. The molecule has 148 valence electrons. The molecule has 2 rings (SSSR count). The number of esters is 1. The minimum atomic E-state index is -0.623. The molecule has 0 saturated heterocycles. The zero-order valence-corrected chi connectivity index (χ0v) is 16.8. The summed E-state index contributed by atoms with van der Waals surface area (Å²) in [7, 11) is 0. The molecular weight excluding hydrogens is 334 g/mol. The van der Waals surface area contributed by atoms with E-state index in [0.29, 0.717) is 18.9 Å². The number of carbonyl (C=O) groups is 2. The molecule has 0 unspecified atom stereocenters. The zero-order valence-electron chi connectivity index (χ0n) is 16.8. The lowest BCUT2D eigenvalue weighted by molar-refractivity contribution is -0.161. The molecule has 6 heteroatoms.